The summed E-state index contributed by atoms with van der Waals surface area (Å²) in [5.74, 6) is -0.535. The van der Waals surface area contributed by atoms with E-state index < -0.39 is 5.91 Å². The van der Waals surface area contributed by atoms with Gasteiger partial charge in [-0.05, 0) is 25.2 Å². The van der Waals surface area contributed by atoms with Crippen molar-refractivity contribution in [2.75, 3.05) is 31.5 Å². The Labute approximate surface area is 146 Å². The zero-order valence-electron chi connectivity index (χ0n) is 13.2. The molecule has 2 N–H and O–H groups in total. The number of rotatable bonds is 8. The fraction of sp³-hybridized carbons (Fsp3) is 0.375. The molecule has 1 aromatic rings. The van der Waals surface area contributed by atoms with Crippen LogP contribution in [0.25, 0.3) is 0 Å². The Morgan fingerprint density at radius 2 is 2.04 bits per heavy atom. The number of hydrogen-bond donors (Lipinski definition) is 2. The lowest BCUT2D eigenvalue weighted by Gasteiger charge is -2.17. The summed E-state index contributed by atoms with van der Waals surface area (Å²) in [6, 6.07) is 6.78. The van der Waals surface area contributed by atoms with Crippen molar-refractivity contribution in [1.29, 1.82) is 5.26 Å². The first-order valence-corrected chi connectivity index (χ1v) is 8.10. The van der Waals surface area contributed by atoms with Gasteiger partial charge in [0.2, 0.25) is 0 Å². The van der Waals surface area contributed by atoms with Gasteiger partial charge < -0.3 is 15.5 Å². The van der Waals surface area contributed by atoms with E-state index >= 15 is 0 Å². The molecule has 0 bridgehead atoms. The van der Waals surface area contributed by atoms with Crippen molar-refractivity contribution in [3.05, 3.63) is 40.0 Å². The highest BCUT2D eigenvalue weighted by Gasteiger charge is 2.12. The monoisotopic (exact) mass is 354 g/mol. The quantitative estimate of drug-likeness (QED) is 0.427. The number of hydrogen-bond acceptors (Lipinski definition) is 4. The van der Waals surface area contributed by atoms with Crippen LogP contribution in [0.5, 0.6) is 0 Å². The van der Waals surface area contributed by atoms with Crippen LogP contribution < -0.4 is 10.6 Å². The molecular weight excluding hydrogens is 335 g/mol. The third-order valence-corrected chi connectivity index (χ3v) is 4.10. The topological polar surface area (TPSA) is 68.2 Å². The van der Waals surface area contributed by atoms with Crippen LogP contribution in [0.4, 0.5) is 5.69 Å². The predicted octanol–water partition coefficient (Wildman–Crippen LogP) is 3.27. The zero-order chi connectivity index (χ0) is 17.2. The molecule has 0 aliphatic heterocycles. The average Bonchev–Trinajstić information content (AvgIpc) is 2.55. The van der Waals surface area contributed by atoms with Gasteiger partial charge in [0.25, 0.3) is 5.91 Å². The van der Waals surface area contributed by atoms with Crippen LogP contribution in [0.3, 0.4) is 0 Å². The molecule has 1 aromatic carbocycles. The molecule has 0 heterocycles. The smallest absolute Gasteiger partial charge is 0.267 e. The summed E-state index contributed by atoms with van der Waals surface area (Å²) in [4.78, 5) is 14.3. The van der Waals surface area contributed by atoms with Crippen LogP contribution in [0.15, 0.2) is 30.0 Å². The summed E-state index contributed by atoms with van der Waals surface area (Å²) in [5, 5.41) is 15.3. The number of carbonyl (C=O) groups is 1. The second-order valence-electron chi connectivity index (χ2n) is 4.71. The largest absolute Gasteiger partial charge is 0.388 e. The van der Waals surface area contributed by atoms with Crippen LogP contribution in [0.1, 0.15) is 13.8 Å². The molecule has 1 amide bonds. The molecule has 0 saturated carbocycles. The van der Waals surface area contributed by atoms with Crippen molar-refractivity contribution in [2.45, 2.75) is 13.8 Å². The van der Waals surface area contributed by atoms with Crippen molar-refractivity contribution in [3.63, 3.8) is 0 Å². The van der Waals surface area contributed by atoms with Gasteiger partial charge in [-0.2, -0.15) is 5.26 Å². The van der Waals surface area contributed by atoms with Crippen molar-refractivity contribution in [2.24, 2.45) is 0 Å². The van der Waals surface area contributed by atoms with Gasteiger partial charge in [-0.15, -0.1) is 0 Å². The van der Waals surface area contributed by atoms with E-state index in [0.717, 1.165) is 19.6 Å². The fourth-order valence-electron chi connectivity index (χ4n) is 1.88. The van der Waals surface area contributed by atoms with Gasteiger partial charge in [-0.25, -0.2) is 0 Å². The van der Waals surface area contributed by atoms with Crippen LogP contribution in [0, 0.1) is 11.3 Å². The highest BCUT2D eigenvalue weighted by atomic mass is 35.5. The average molecular weight is 355 g/mol. The molecule has 1 rings (SSSR count). The molecule has 0 radical (unpaired) electrons. The van der Waals surface area contributed by atoms with Gasteiger partial charge >= 0.3 is 0 Å². The van der Waals surface area contributed by atoms with Crippen molar-refractivity contribution < 1.29 is 4.79 Å². The number of nitriles is 1. The summed E-state index contributed by atoms with van der Waals surface area (Å²) in [5.41, 5.74) is 0.342. The Hall–Kier alpha value is -1.74. The number of anilines is 1. The van der Waals surface area contributed by atoms with E-state index in [1.54, 1.807) is 18.2 Å². The van der Waals surface area contributed by atoms with Crippen LogP contribution in [-0.2, 0) is 4.79 Å². The molecule has 0 aliphatic carbocycles. The first kappa shape index (κ1) is 19.3. The van der Waals surface area contributed by atoms with E-state index in [1.165, 1.54) is 6.20 Å². The Balaban J connectivity index is 2.63. The molecule has 0 aliphatic rings. The highest BCUT2D eigenvalue weighted by Crippen LogP contribution is 2.29. The number of carbonyl (C=O) groups excluding carboxylic acids is 1. The molecule has 0 atom stereocenters. The van der Waals surface area contributed by atoms with Gasteiger partial charge in [-0.3, -0.25) is 4.79 Å². The van der Waals surface area contributed by atoms with E-state index in [2.05, 4.69) is 29.4 Å². The second-order valence-corrected chi connectivity index (χ2v) is 5.49. The van der Waals surface area contributed by atoms with Gasteiger partial charge in [0.1, 0.15) is 11.6 Å². The Morgan fingerprint density at radius 3 is 2.65 bits per heavy atom. The first-order chi connectivity index (χ1) is 11.0. The third kappa shape index (κ3) is 6.11. The number of likely N-dealkylation sites (N-methyl/N-ethyl adjacent to an activating group) is 1. The molecule has 23 heavy (non-hydrogen) atoms. The number of nitrogens with zero attached hydrogens (tertiary/aromatic N) is 2. The molecule has 0 aromatic heterocycles. The summed E-state index contributed by atoms with van der Waals surface area (Å²) in [6.07, 6.45) is 1.41. The number of amides is 1. The molecule has 7 heteroatoms. The standard InChI is InChI=1S/C16H20Cl2N4O/c1-3-22(4-2)9-8-20-11-12(10-19)16(23)21-14-7-5-6-13(17)15(14)18/h5-7,11,20H,3-4,8-9H2,1-2H3,(H,21,23)/b12-11-. The Morgan fingerprint density at radius 1 is 1.35 bits per heavy atom. The maximum absolute atomic E-state index is 12.1. The van der Waals surface area contributed by atoms with Gasteiger partial charge in [-0.1, -0.05) is 43.1 Å². The van der Waals surface area contributed by atoms with E-state index in [-0.39, 0.29) is 10.6 Å². The number of benzene rings is 1. The summed E-state index contributed by atoms with van der Waals surface area (Å²) in [6.45, 7) is 7.58. The predicted molar refractivity (Wildman–Crippen MR) is 94.6 cm³/mol. The molecule has 0 unspecified atom stereocenters. The summed E-state index contributed by atoms with van der Waals surface area (Å²) >= 11 is 11.9. The maximum Gasteiger partial charge on any atom is 0.267 e. The van der Waals surface area contributed by atoms with E-state index in [0.29, 0.717) is 17.3 Å². The fourth-order valence-corrected chi connectivity index (χ4v) is 2.22. The minimum absolute atomic E-state index is 0.0272. The van der Waals surface area contributed by atoms with Crippen LogP contribution in [0.2, 0.25) is 10.0 Å². The number of nitrogens with one attached hydrogen (secondary N) is 2. The molecule has 0 spiro atoms. The highest BCUT2D eigenvalue weighted by molar-refractivity contribution is 6.44. The lowest BCUT2D eigenvalue weighted by molar-refractivity contribution is -0.112. The second kappa shape index (κ2) is 10.1. The Bertz CT molecular complexity index is 607. The van der Waals surface area contributed by atoms with Crippen LogP contribution in [-0.4, -0.2) is 37.0 Å². The Kier molecular flexibility index (Phi) is 8.49. The summed E-state index contributed by atoms with van der Waals surface area (Å²) in [7, 11) is 0. The van der Waals surface area contributed by atoms with Gasteiger partial charge in [0, 0.05) is 19.3 Å². The minimum atomic E-state index is -0.535. The van der Waals surface area contributed by atoms with E-state index in [1.807, 2.05) is 6.07 Å². The lowest BCUT2D eigenvalue weighted by Crippen LogP contribution is -2.30. The summed E-state index contributed by atoms with van der Waals surface area (Å²) < 4.78 is 0. The van der Waals surface area contributed by atoms with Crippen LogP contribution >= 0.6 is 23.2 Å². The molecular formula is C16H20Cl2N4O. The molecule has 0 fully saturated rings. The molecule has 0 saturated heterocycles. The van der Waals surface area contributed by atoms with Gasteiger partial charge in [0.05, 0.1) is 15.7 Å². The van der Waals surface area contributed by atoms with Crippen molar-refractivity contribution in [1.82, 2.24) is 10.2 Å². The first-order valence-electron chi connectivity index (χ1n) is 7.34. The lowest BCUT2D eigenvalue weighted by atomic mass is 10.2. The number of halogens is 2. The van der Waals surface area contributed by atoms with Crippen molar-refractivity contribution in [3.8, 4) is 6.07 Å². The minimum Gasteiger partial charge on any atom is -0.388 e. The van der Waals surface area contributed by atoms with Gasteiger partial charge in [0.15, 0.2) is 0 Å². The molecule has 5 nitrogen and oxygen atoms in total. The van der Waals surface area contributed by atoms with E-state index in [4.69, 9.17) is 28.5 Å². The van der Waals surface area contributed by atoms with E-state index in [9.17, 15) is 4.79 Å². The van der Waals surface area contributed by atoms with Crippen molar-refractivity contribution >= 4 is 34.8 Å². The zero-order valence-corrected chi connectivity index (χ0v) is 14.7. The maximum atomic E-state index is 12.1. The SMILES string of the molecule is CCN(CC)CCN/C=C(/C#N)C(=O)Nc1cccc(Cl)c1Cl. The molecule has 124 valence electrons. The normalized spacial score (nSPS) is 11.2. The third-order valence-electron chi connectivity index (χ3n) is 3.28.